The van der Waals surface area contributed by atoms with E-state index in [-0.39, 0.29) is 18.1 Å². The molecule has 1 saturated carbocycles. The van der Waals surface area contributed by atoms with E-state index in [4.69, 9.17) is 5.11 Å². The van der Waals surface area contributed by atoms with E-state index in [9.17, 15) is 9.59 Å². The van der Waals surface area contributed by atoms with Gasteiger partial charge in [0.05, 0.1) is 5.92 Å². The number of hydrogen-bond acceptors (Lipinski definition) is 2. The van der Waals surface area contributed by atoms with Crippen LogP contribution in [0.25, 0.3) is 0 Å². The van der Waals surface area contributed by atoms with Gasteiger partial charge in [-0.25, -0.2) is 0 Å². The monoisotopic (exact) mass is 156 g/mol. The summed E-state index contributed by atoms with van der Waals surface area (Å²) in [6, 6.07) is 0. The van der Waals surface area contributed by atoms with E-state index in [1.807, 2.05) is 6.92 Å². The highest BCUT2D eigenvalue weighted by atomic mass is 16.4. The number of aliphatic carboxylic acids is 1. The first-order chi connectivity index (χ1) is 5.11. The topological polar surface area (TPSA) is 54.4 Å². The molecule has 0 bridgehead atoms. The fourth-order valence-corrected chi connectivity index (χ4v) is 1.37. The Morgan fingerprint density at radius 3 is 2.64 bits per heavy atom. The van der Waals surface area contributed by atoms with Gasteiger partial charge >= 0.3 is 5.97 Å². The first-order valence-electron chi connectivity index (χ1n) is 3.86. The molecule has 62 valence electrons. The van der Waals surface area contributed by atoms with E-state index in [0.717, 1.165) is 6.42 Å². The summed E-state index contributed by atoms with van der Waals surface area (Å²) in [4.78, 5) is 21.5. The van der Waals surface area contributed by atoms with E-state index >= 15 is 0 Å². The summed E-state index contributed by atoms with van der Waals surface area (Å²) in [6.45, 7) is 1.86. The van der Waals surface area contributed by atoms with Gasteiger partial charge in [0, 0.05) is 12.3 Å². The lowest BCUT2D eigenvalue weighted by Crippen LogP contribution is -2.27. The normalized spacial score (nSPS) is 31.9. The van der Waals surface area contributed by atoms with Crippen LogP contribution in [-0.4, -0.2) is 16.9 Å². The zero-order valence-electron chi connectivity index (χ0n) is 6.54. The molecule has 2 atom stereocenters. The highest BCUT2D eigenvalue weighted by Gasteiger charge is 2.29. The summed E-state index contributed by atoms with van der Waals surface area (Å²) in [5.41, 5.74) is 0. The lowest BCUT2D eigenvalue weighted by Gasteiger charge is -2.21. The number of ketones is 1. The van der Waals surface area contributed by atoms with E-state index in [2.05, 4.69) is 0 Å². The highest BCUT2D eigenvalue weighted by molar-refractivity contribution is 5.86. The fraction of sp³-hybridized carbons (Fsp3) is 0.750. The molecular formula is C8H12O3. The van der Waals surface area contributed by atoms with Crippen LogP contribution < -0.4 is 0 Å². The van der Waals surface area contributed by atoms with Gasteiger partial charge in [0.2, 0.25) is 0 Å². The summed E-state index contributed by atoms with van der Waals surface area (Å²) < 4.78 is 0. The van der Waals surface area contributed by atoms with Crippen LogP contribution in [-0.2, 0) is 9.59 Å². The second kappa shape index (κ2) is 3.03. The van der Waals surface area contributed by atoms with Crippen molar-refractivity contribution >= 4 is 11.8 Å². The molecule has 0 aromatic carbocycles. The molecule has 1 fully saturated rings. The average Bonchev–Trinajstić information content (AvgIpc) is 1.94. The van der Waals surface area contributed by atoms with Crippen LogP contribution in [0.15, 0.2) is 0 Å². The molecular weight excluding hydrogens is 144 g/mol. The third-order valence-electron chi connectivity index (χ3n) is 2.29. The Morgan fingerprint density at radius 1 is 1.55 bits per heavy atom. The molecule has 3 nitrogen and oxygen atoms in total. The van der Waals surface area contributed by atoms with Crippen LogP contribution in [0.1, 0.15) is 26.2 Å². The van der Waals surface area contributed by atoms with Crippen molar-refractivity contribution in [3.8, 4) is 0 Å². The molecule has 0 unspecified atom stereocenters. The van der Waals surface area contributed by atoms with Crippen LogP contribution in [0.2, 0.25) is 0 Å². The Labute approximate surface area is 65.4 Å². The van der Waals surface area contributed by atoms with E-state index in [0.29, 0.717) is 6.42 Å². The van der Waals surface area contributed by atoms with Crippen molar-refractivity contribution in [1.82, 2.24) is 0 Å². The maximum atomic E-state index is 11.0. The molecule has 0 aromatic heterocycles. The smallest absolute Gasteiger partial charge is 0.306 e. The Hall–Kier alpha value is -0.860. The molecule has 0 radical (unpaired) electrons. The molecule has 3 heteroatoms. The fourth-order valence-electron chi connectivity index (χ4n) is 1.37. The maximum Gasteiger partial charge on any atom is 0.306 e. The number of carbonyl (C=O) groups excluding carboxylic acids is 1. The summed E-state index contributed by atoms with van der Waals surface area (Å²) in [5, 5.41) is 8.59. The van der Waals surface area contributed by atoms with E-state index in [1.54, 1.807) is 0 Å². The van der Waals surface area contributed by atoms with Crippen LogP contribution in [0.3, 0.4) is 0 Å². The zero-order chi connectivity index (χ0) is 8.43. The number of Topliss-reactive ketones (excluding diaryl/α,β-unsaturated/α-hetero) is 1. The summed E-state index contributed by atoms with van der Waals surface area (Å²) in [7, 11) is 0. The standard InChI is InChI=1S/C8H12O3/c1-5-2-3-6(8(10)11)4-7(5)9/h5-6H,2-4H2,1H3,(H,10,11)/t5-,6-/m1/s1. The molecule has 0 aromatic rings. The molecule has 0 saturated heterocycles. The predicted molar refractivity (Wildman–Crippen MR) is 39.1 cm³/mol. The Morgan fingerprint density at radius 2 is 2.18 bits per heavy atom. The lowest BCUT2D eigenvalue weighted by molar-refractivity contribution is -0.146. The van der Waals surface area contributed by atoms with Gasteiger partial charge in [0.1, 0.15) is 5.78 Å². The predicted octanol–water partition coefficient (Wildman–Crippen LogP) is 1.08. The number of carboxylic acids is 1. The van der Waals surface area contributed by atoms with Crippen LogP contribution in [0, 0.1) is 11.8 Å². The number of hydrogen-bond donors (Lipinski definition) is 1. The molecule has 11 heavy (non-hydrogen) atoms. The quantitative estimate of drug-likeness (QED) is 0.618. The van der Waals surface area contributed by atoms with Crippen molar-refractivity contribution in [2.24, 2.45) is 11.8 Å². The van der Waals surface area contributed by atoms with Crippen molar-refractivity contribution in [2.75, 3.05) is 0 Å². The van der Waals surface area contributed by atoms with Gasteiger partial charge in [-0.1, -0.05) is 6.92 Å². The number of carboxylic acid groups (broad SMARTS) is 1. The summed E-state index contributed by atoms with van der Waals surface area (Å²) in [6.07, 6.45) is 1.62. The van der Waals surface area contributed by atoms with Crippen molar-refractivity contribution in [1.29, 1.82) is 0 Å². The maximum absolute atomic E-state index is 11.0. The molecule has 0 spiro atoms. The zero-order valence-corrected chi connectivity index (χ0v) is 6.54. The van der Waals surface area contributed by atoms with Crippen molar-refractivity contribution in [3.05, 3.63) is 0 Å². The molecule has 0 amide bonds. The Bertz CT molecular complexity index is 186. The second-order valence-electron chi connectivity index (χ2n) is 3.18. The van der Waals surface area contributed by atoms with Crippen molar-refractivity contribution in [3.63, 3.8) is 0 Å². The molecule has 1 N–H and O–H groups in total. The highest BCUT2D eigenvalue weighted by Crippen LogP contribution is 2.25. The summed E-state index contributed by atoms with van der Waals surface area (Å²) in [5.74, 6) is -1.07. The van der Waals surface area contributed by atoms with E-state index < -0.39 is 11.9 Å². The van der Waals surface area contributed by atoms with Crippen LogP contribution in [0.4, 0.5) is 0 Å². The number of rotatable bonds is 1. The third kappa shape index (κ3) is 1.79. The van der Waals surface area contributed by atoms with Crippen molar-refractivity contribution < 1.29 is 14.7 Å². The first-order valence-corrected chi connectivity index (χ1v) is 3.86. The van der Waals surface area contributed by atoms with Gasteiger partial charge in [0.15, 0.2) is 0 Å². The van der Waals surface area contributed by atoms with E-state index in [1.165, 1.54) is 0 Å². The van der Waals surface area contributed by atoms with Gasteiger partial charge in [-0.15, -0.1) is 0 Å². The Kier molecular flexibility index (Phi) is 2.27. The molecule has 0 aliphatic heterocycles. The first kappa shape index (κ1) is 8.24. The number of carbonyl (C=O) groups is 2. The van der Waals surface area contributed by atoms with Crippen LogP contribution in [0.5, 0.6) is 0 Å². The minimum atomic E-state index is -0.828. The van der Waals surface area contributed by atoms with Gasteiger partial charge in [-0.05, 0) is 12.8 Å². The minimum Gasteiger partial charge on any atom is -0.481 e. The average molecular weight is 156 g/mol. The Balaban J connectivity index is 2.53. The minimum absolute atomic E-state index is 0.0746. The molecule has 0 heterocycles. The van der Waals surface area contributed by atoms with Gasteiger partial charge < -0.3 is 5.11 Å². The largest absolute Gasteiger partial charge is 0.481 e. The molecule has 1 aliphatic rings. The van der Waals surface area contributed by atoms with Gasteiger partial charge in [0.25, 0.3) is 0 Å². The second-order valence-corrected chi connectivity index (χ2v) is 3.18. The van der Waals surface area contributed by atoms with Crippen molar-refractivity contribution in [2.45, 2.75) is 26.2 Å². The van der Waals surface area contributed by atoms with Crippen LogP contribution >= 0.6 is 0 Å². The molecule has 1 aliphatic carbocycles. The summed E-state index contributed by atoms with van der Waals surface area (Å²) >= 11 is 0. The third-order valence-corrected chi connectivity index (χ3v) is 2.29. The lowest BCUT2D eigenvalue weighted by atomic mass is 9.82. The SMILES string of the molecule is C[C@@H]1CC[C@@H](C(=O)O)CC1=O. The van der Waals surface area contributed by atoms with Gasteiger partial charge in [-0.2, -0.15) is 0 Å². The van der Waals surface area contributed by atoms with Gasteiger partial charge in [-0.3, -0.25) is 9.59 Å². The molecule has 1 rings (SSSR count).